The summed E-state index contributed by atoms with van der Waals surface area (Å²) in [5.74, 6) is 0. The Morgan fingerprint density at radius 2 is 2.36 bits per heavy atom. The van der Waals surface area contributed by atoms with Crippen LogP contribution in [0.5, 0.6) is 0 Å². The van der Waals surface area contributed by atoms with Crippen molar-refractivity contribution in [2.45, 2.75) is 32.9 Å². The fourth-order valence-corrected chi connectivity index (χ4v) is 3.03. The molecule has 2 heterocycles. The van der Waals surface area contributed by atoms with Gasteiger partial charge in [0.25, 0.3) is 0 Å². The first-order chi connectivity index (χ1) is 6.65. The lowest BCUT2D eigenvalue weighted by Gasteiger charge is -2.14. The average molecular weight is 210 g/mol. The van der Waals surface area contributed by atoms with Crippen LogP contribution in [0.3, 0.4) is 0 Å². The number of hydrogen-bond acceptors (Lipinski definition) is 3. The molecule has 1 atom stereocenters. The van der Waals surface area contributed by atoms with Crippen LogP contribution < -0.4 is 5.73 Å². The second kappa shape index (κ2) is 4.01. The zero-order valence-corrected chi connectivity index (χ0v) is 9.73. The molecule has 0 spiro atoms. The Morgan fingerprint density at radius 3 is 2.86 bits per heavy atom. The Hall–Kier alpha value is -0.380. The van der Waals surface area contributed by atoms with Gasteiger partial charge in [0.1, 0.15) is 0 Å². The van der Waals surface area contributed by atoms with E-state index in [9.17, 15) is 0 Å². The lowest BCUT2D eigenvalue weighted by Crippen LogP contribution is -2.26. The molecule has 1 saturated heterocycles. The Balaban J connectivity index is 2.00. The van der Waals surface area contributed by atoms with E-state index >= 15 is 0 Å². The van der Waals surface area contributed by atoms with Crippen LogP contribution in [0.15, 0.2) is 6.07 Å². The van der Waals surface area contributed by atoms with Gasteiger partial charge in [-0.25, -0.2) is 0 Å². The van der Waals surface area contributed by atoms with Crippen LogP contribution in [-0.2, 0) is 6.54 Å². The number of rotatable bonds is 2. The van der Waals surface area contributed by atoms with Gasteiger partial charge in [0.05, 0.1) is 0 Å². The summed E-state index contributed by atoms with van der Waals surface area (Å²) >= 11 is 1.90. The van der Waals surface area contributed by atoms with Crippen molar-refractivity contribution >= 4 is 11.3 Å². The molecule has 1 aliphatic rings. The second-order valence-electron chi connectivity index (χ2n) is 4.22. The summed E-state index contributed by atoms with van der Waals surface area (Å²) in [6.07, 6.45) is 1.15. The lowest BCUT2D eigenvalue weighted by molar-refractivity contribution is 0.327. The van der Waals surface area contributed by atoms with Crippen molar-refractivity contribution < 1.29 is 0 Å². The molecule has 0 unspecified atom stereocenters. The summed E-state index contributed by atoms with van der Waals surface area (Å²) in [7, 11) is 0. The number of aryl methyl sites for hydroxylation is 2. The highest BCUT2D eigenvalue weighted by atomic mass is 32.1. The van der Waals surface area contributed by atoms with E-state index in [0.717, 1.165) is 26.1 Å². The fraction of sp³-hybridized carbons (Fsp3) is 0.636. The van der Waals surface area contributed by atoms with Gasteiger partial charge >= 0.3 is 0 Å². The van der Waals surface area contributed by atoms with Crippen LogP contribution in [-0.4, -0.2) is 24.0 Å². The third kappa shape index (κ3) is 2.16. The quantitative estimate of drug-likeness (QED) is 0.808. The molecule has 0 bridgehead atoms. The van der Waals surface area contributed by atoms with E-state index in [1.807, 2.05) is 11.3 Å². The van der Waals surface area contributed by atoms with E-state index in [-0.39, 0.29) is 0 Å². The Morgan fingerprint density at radius 1 is 1.57 bits per heavy atom. The van der Waals surface area contributed by atoms with Gasteiger partial charge in [0.15, 0.2) is 0 Å². The van der Waals surface area contributed by atoms with Gasteiger partial charge in [-0.2, -0.15) is 0 Å². The Kier molecular flexibility index (Phi) is 2.91. The molecule has 0 saturated carbocycles. The van der Waals surface area contributed by atoms with E-state index < -0.39 is 0 Å². The van der Waals surface area contributed by atoms with E-state index in [2.05, 4.69) is 24.8 Å². The van der Waals surface area contributed by atoms with Gasteiger partial charge in [0.2, 0.25) is 0 Å². The van der Waals surface area contributed by atoms with Crippen molar-refractivity contribution in [1.82, 2.24) is 4.90 Å². The summed E-state index contributed by atoms with van der Waals surface area (Å²) in [6, 6.07) is 2.71. The molecular formula is C11H18N2S. The molecular weight excluding hydrogens is 192 g/mol. The van der Waals surface area contributed by atoms with Gasteiger partial charge in [-0.15, -0.1) is 11.3 Å². The largest absolute Gasteiger partial charge is 0.326 e. The minimum Gasteiger partial charge on any atom is -0.326 e. The second-order valence-corrected chi connectivity index (χ2v) is 5.68. The first-order valence-corrected chi connectivity index (χ1v) is 6.00. The number of thiophene rings is 1. The molecule has 14 heavy (non-hydrogen) atoms. The van der Waals surface area contributed by atoms with Crippen molar-refractivity contribution in [3.63, 3.8) is 0 Å². The predicted molar refractivity (Wildman–Crippen MR) is 61.7 cm³/mol. The molecule has 0 amide bonds. The fourth-order valence-electron chi connectivity index (χ4n) is 2.09. The van der Waals surface area contributed by atoms with Crippen LogP contribution in [0, 0.1) is 13.8 Å². The average Bonchev–Trinajstić information content (AvgIpc) is 2.61. The number of nitrogens with two attached hydrogens (primary N) is 1. The van der Waals surface area contributed by atoms with Gasteiger partial charge in [-0.3, -0.25) is 4.90 Å². The molecule has 0 radical (unpaired) electrons. The SMILES string of the molecule is Cc1cc(CN2CC[C@@H](N)C2)c(C)s1. The molecule has 3 heteroatoms. The molecule has 1 fully saturated rings. The van der Waals surface area contributed by atoms with Gasteiger partial charge in [-0.05, 0) is 31.9 Å². The summed E-state index contributed by atoms with van der Waals surface area (Å²) in [6.45, 7) is 7.70. The van der Waals surface area contributed by atoms with Crippen molar-refractivity contribution in [2.75, 3.05) is 13.1 Å². The predicted octanol–water partition coefficient (Wildman–Crippen LogP) is 1.90. The molecule has 0 aromatic carbocycles. The standard InChI is InChI=1S/C11H18N2S/c1-8-5-10(9(2)14-8)6-13-4-3-11(12)7-13/h5,11H,3-4,6-7,12H2,1-2H3/t11-/m1/s1. The zero-order valence-electron chi connectivity index (χ0n) is 8.92. The summed E-state index contributed by atoms with van der Waals surface area (Å²) < 4.78 is 0. The van der Waals surface area contributed by atoms with E-state index in [1.54, 1.807) is 0 Å². The summed E-state index contributed by atoms with van der Waals surface area (Å²) in [5, 5.41) is 0. The van der Waals surface area contributed by atoms with Crippen LogP contribution >= 0.6 is 11.3 Å². The molecule has 1 aromatic rings. The molecule has 2 nitrogen and oxygen atoms in total. The highest BCUT2D eigenvalue weighted by Gasteiger charge is 2.19. The van der Waals surface area contributed by atoms with Crippen LogP contribution in [0.4, 0.5) is 0 Å². The molecule has 78 valence electrons. The Bertz CT molecular complexity index is 319. The molecule has 1 aliphatic heterocycles. The smallest absolute Gasteiger partial charge is 0.0245 e. The number of likely N-dealkylation sites (tertiary alicyclic amines) is 1. The topological polar surface area (TPSA) is 29.3 Å². The maximum absolute atomic E-state index is 5.88. The van der Waals surface area contributed by atoms with Crippen molar-refractivity contribution in [3.8, 4) is 0 Å². The normalized spacial score (nSPS) is 23.2. The monoisotopic (exact) mass is 210 g/mol. The highest BCUT2D eigenvalue weighted by molar-refractivity contribution is 7.12. The zero-order chi connectivity index (χ0) is 10.1. The highest BCUT2D eigenvalue weighted by Crippen LogP contribution is 2.23. The van der Waals surface area contributed by atoms with Crippen LogP contribution in [0.25, 0.3) is 0 Å². The number of hydrogen-bond donors (Lipinski definition) is 1. The minimum absolute atomic E-state index is 0.398. The Labute approximate surface area is 89.7 Å². The number of nitrogens with zero attached hydrogens (tertiary/aromatic N) is 1. The lowest BCUT2D eigenvalue weighted by atomic mass is 10.2. The summed E-state index contributed by atoms with van der Waals surface area (Å²) in [5.41, 5.74) is 7.37. The van der Waals surface area contributed by atoms with Gasteiger partial charge in [-0.1, -0.05) is 0 Å². The molecule has 0 aliphatic carbocycles. The first-order valence-electron chi connectivity index (χ1n) is 5.19. The van der Waals surface area contributed by atoms with Crippen LogP contribution in [0.1, 0.15) is 21.7 Å². The van der Waals surface area contributed by atoms with Gasteiger partial charge in [0, 0.05) is 35.4 Å². The maximum atomic E-state index is 5.88. The van der Waals surface area contributed by atoms with Crippen LogP contribution in [0.2, 0.25) is 0 Å². The van der Waals surface area contributed by atoms with Crippen molar-refractivity contribution in [1.29, 1.82) is 0 Å². The molecule has 2 N–H and O–H groups in total. The van der Waals surface area contributed by atoms with E-state index in [4.69, 9.17) is 5.73 Å². The summed E-state index contributed by atoms with van der Waals surface area (Å²) in [4.78, 5) is 5.34. The van der Waals surface area contributed by atoms with Crippen molar-refractivity contribution in [3.05, 3.63) is 21.4 Å². The van der Waals surface area contributed by atoms with E-state index in [1.165, 1.54) is 15.3 Å². The third-order valence-corrected chi connectivity index (χ3v) is 3.85. The van der Waals surface area contributed by atoms with E-state index in [0.29, 0.717) is 6.04 Å². The van der Waals surface area contributed by atoms with Crippen molar-refractivity contribution in [2.24, 2.45) is 5.73 Å². The first kappa shape index (κ1) is 10.1. The molecule has 2 rings (SSSR count). The maximum Gasteiger partial charge on any atom is 0.0245 e. The van der Waals surface area contributed by atoms with Gasteiger partial charge < -0.3 is 5.73 Å². The third-order valence-electron chi connectivity index (χ3n) is 2.85. The minimum atomic E-state index is 0.398. The molecule has 1 aromatic heterocycles.